The van der Waals surface area contributed by atoms with Crippen molar-refractivity contribution < 1.29 is 5.11 Å². The standard InChI is InChI=1S/C11H20O/c1-2-3-4-5-6-7-8-9-10-11-12/h6-7,9-10,12H,2-5,8,11H2,1H3/b7-6+,10-9-. The summed E-state index contributed by atoms with van der Waals surface area (Å²) in [5.74, 6) is 0. The van der Waals surface area contributed by atoms with Gasteiger partial charge < -0.3 is 5.11 Å². The van der Waals surface area contributed by atoms with Crippen LogP contribution in [0.3, 0.4) is 0 Å². The Bertz CT molecular complexity index is 125. The molecular weight excluding hydrogens is 148 g/mol. The van der Waals surface area contributed by atoms with E-state index in [4.69, 9.17) is 5.11 Å². The lowest BCUT2D eigenvalue weighted by Crippen LogP contribution is -1.71. The third kappa shape index (κ3) is 9.44. The van der Waals surface area contributed by atoms with Crippen LogP contribution in [-0.2, 0) is 0 Å². The zero-order valence-corrected chi connectivity index (χ0v) is 8.00. The van der Waals surface area contributed by atoms with Gasteiger partial charge in [-0.1, -0.05) is 44.1 Å². The Kier molecular flexibility index (Phi) is 9.95. The summed E-state index contributed by atoms with van der Waals surface area (Å²) in [6.45, 7) is 2.37. The Morgan fingerprint density at radius 1 is 1.00 bits per heavy atom. The SMILES string of the molecule is CCCCC/C=C/C/C=C\CO. The number of rotatable bonds is 7. The van der Waals surface area contributed by atoms with E-state index in [1.165, 1.54) is 25.7 Å². The molecule has 0 amide bonds. The van der Waals surface area contributed by atoms with Gasteiger partial charge in [0.05, 0.1) is 6.61 Å². The number of hydrogen-bond acceptors (Lipinski definition) is 1. The number of hydrogen-bond donors (Lipinski definition) is 1. The average molecular weight is 168 g/mol. The minimum absolute atomic E-state index is 0.156. The first kappa shape index (κ1) is 11.4. The summed E-state index contributed by atoms with van der Waals surface area (Å²) < 4.78 is 0. The van der Waals surface area contributed by atoms with E-state index in [1.807, 2.05) is 6.08 Å². The normalized spacial score (nSPS) is 11.8. The first-order valence-corrected chi connectivity index (χ1v) is 4.82. The molecular formula is C11H20O. The van der Waals surface area contributed by atoms with Crippen molar-refractivity contribution in [1.82, 2.24) is 0 Å². The molecule has 0 aromatic heterocycles. The first-order valence-electron chi connectivity index (χ1n) is 4.82. The summed E-state index contributed by atoms with van der Waals surface area (Å²) in [4.78, 5) is 0. The van der Waals surface area contributed by atoms with Crippen molar-refractivity contribution in [2.45, 2.75) is 39.0 Å². The van der Waals surface area contributed by atoms with Gasteiger partial charge in [-0.15, -0.1) is 0 Å². The van der Waals surface area contributed by atoms with E-state index in [0.717, 1.165) is 6.42 Å². The van der Waals surface area contributed by atoms with E-state index >= 15 is 0 Å². The van der Waals surface area contributed by atoms with E-state index in [0.29, 0.717) is 0 Å². The second kappa shape index (κ2) is 10.4. The molecule has 0 heterocycles. The van der Waals surface area contributed by atoms with Gasteiger partial charge in [-0.05, 0) is 19.3 Å². The Labute approximate surface area is 75.8 Å². The minimum Gasteiger partial charge on any atom is -0.392 e. The van der Waals surface area contributed by atoms with Crippen LogP contribution in [0.4, 0.5) is 0 Å². The molecule has 0 fully saturated rings. The van der Waals surface area contributed by atoms with Crippen LogP contribution in [0, 0.1) is 0 Å². The molecule has 0 bridgehead atoms. The highest BCUT2D eigenvalue weighted by molar-refractivity contribution is 4.92. The van der Waals surface area contributed by atoms with Gasteiger partial charge in [-0.2, -0.15) is 0 Å². The Morgan fingerprint density at radius 3 is 2.42 bits per heavy atom. The van der Waals surface area contributed by atoms with Gasteiger partial charge in [-0.25, -0.2) is 0 Å². The molecule has 0 spiro atoms. The maximum absolute atomic E-state index is 8.43. The maximum Gasteiger partial charge on any atom is 0.0612 e. The van der Waals surface area contributed by atoms with E-state index in [2.05, 4.69) is 19.1 Å². The molecule has 0 atom stereocenters. The molecule has 70 valence electrons. The molecule has 1 nitrogen and oxygen atoms in total. The van der Waals surface area contributed by atoms with Gasteiger partial charge in [0, 0.05) is 0 Å². The van der Waals surface area contributed by atoms with E-state index < -0.39 is 0 Å². The predicted octanol–water partition coefficient (Wildman–Crippen LogP) is 3.06. The smallest absolute Gasteiger partial charge is 0.0612 e. The van der Waals surface area contributed by atoms with Crippen molar-refractivity contribution in [3.05, 3.63) is 24.3 Å². The zero-order chi connectivity index (χ0) is 9.07. The van der Waals surface area contributed by atoms with Crippen molar-refractivity contribution in [1.29, 1.82) is 0 Å². The van der Waals surface area contributed by atoms with Gasteiger partial charge in [0.15, 0.2) is 0 Å². The van der Waals surface area contributed by atoms with Crippen LogP contribution in [0.5, 0.6) is 0 Å². The predicted molar refractivity (Wildman–Crippen MR) is 54.1 cm³/mol. The summed E-state index contributed by atoms with van der Waals surface area (Å²) in [6, 6.07) is 0. The molecule has 0 aliphatic carbocycles. The maximum atomic E-state index is 8.43. The topological polar surface area (TPSA) is 20.2 Å². The highest BCUT2D eigenvalue weighted by Gasteiger charge is 1.80. The average Bonchev–Trinajstić information content (AvgIpc) is 2.10. The quantitative estimate of drug-likeness (QED) is 0.457. The lowest BCUT2D eigenvalue weighted by Gasteiger charge is -1.90. The lowest BCUT2D eigenvalue weighted by molar-refractivity contribution is 0.342. The molecule has 0 aliphatic rings. The van der Waals surface area contributed by atoms with Crippen LogP contribution in [0.1, 0.15) is 39.0 Å². The molecule has 0 saturated heterocycles. The highest BCUT2D eigenvalue weighted by atomic mass is 16.2. The van der Waals surface area contributed by atoms with E-state index in [-0.39, 0.29) is 6.61 Å². The monoisotopic (exact) mass is 168 g/mol. The summed E-state index contributed by atoms with van der Waals surface area (Å²) in [5, 5.41) is 8.43. The highest BCUT2D eigenvalue weighted by Crippen LogP contribution is 2.00. The van der Waals surface area contributed by atoms with Crippen LogP contribution in [0.25, 0.3) is 0 Å². The van der Waals surface area contributed by atoms with Gasteiger partial charge in [0.25, 0.3) is 0 Å². The van der Waals surface area contributed by atoms with Crippen LogP contribution in [-0.4, -0.2) is 11.7 Å². The zero-order valence-electron chi connectivity index (χ0n) is 8.00. The van der Waals surface area contributed by atoms with Crippen molar-refractivity contribution >= 4 is 0 Å². The Hall–Kier alpha value is -0.560. The van der Waals surface area contributed by atoms with Crippen LogP contribution in [0.15, 0.2) is 24.3 Å². The third-order valence-electron chi connectivity index (χ3n) is 1.69. The fraction of sp³-hybridized carbons (Fsp3) is 0.636. The summed E-state index contributed by atoms with van der Waals surface area (Å²) in [6.07, 6.45) is 14.2. The fourth-order valence-electron chi connectivity index (χ4n) is 0.976. The first-order chi connectivity index (χ1) is 5.91. The Balaban J connectivity index is 3.08. The van der Waals surface area contributed by atoms with Gasteiger partial charge >= 0.3 is 0 Å². The minimum atomic E-state index is 0.156. The van der Waals surface area contributed by atoms with E-state index in [9.17, 15) is 0 Å². The number of aliphatic hydroxyl groups excluding tert-OH is 1. The molecule has 0 unspecified atom stereocenters. The van der Waals surface area contributed by atoms with Crippen molar-refractivity contribution in [3.63, 3.8) is 0 Å². The van der Waals surface area contributed by atoms with Crippen LogP contribution >= 0.6 is 0 Å². The third-order valence-corrected chi connectivity index (χ3v) is 1.69. The second-order valence-corrected chi connectivity index (χ2v) is 2.86. The number of aliphatic hydroxyl groups is 1. The Morgan fingerprint density at radius 2 is 1.75 bits per heavy atom. The molecule has 0 aliphatic heterocycles. The van der Waals surface area contributed by atoms with Crippen molar-refractivity contribution in [2.24, 2.45) is 0 Å². The summed E-state index contributed by atoms with van der Waals surface area (Å²) in [5.41, 5.74) is 0. The summed E-state index contributed by atoms with van der Waals surface area (Å²) in [7, 11) is 0. The number of allylic oxidation sites excluding steroid dienone is 3. The molecule has 12 heavy (non-hydrogen) atoms. The molecule has 0 aromatic rings. The second-order valence-electron chi connectivity index (χ2n) is 2.86. The van der Waals surface area contributed by atoms with Gasteiger partial charge in [0.2, 0.25) is 0 Å². The van der Waals surface area contributed by atoms with Crippen molar-refractivity contribution in [3.8, 4) is 0 Å². The lowest BCUT2D eigenvalue weighted by atomic mass is 10.2. The van der Waals surface area contributed by atoms with Crippen LogP contribution < -0.4 is 0 Å². The van der Waals surface area contributed by atoms with Gasteiger partial charge in [0.1, 0.15) is 0 Å². The molecule has 1 N–H and O–H groups in total. The van der Waals surface area contributed by atoms with Crippen molar-refractivity contribution in [2.75, 3.05) is 6.61 Å². The molecule has 0 saturated carbocycles. The fourth-order valence-corrected chi connectivity index (χ4v) is 0.976. The molecule has 0 radical (unpaired) electrons. The summed E-state index contributed by atoms with van der Waals surface area (Å²) >= 11 is 0. The largest absolute Gasteiger partial charge is 0.392 e. The van der Waals surface area contributed by atoms with Crippen LogP contribution in [0.2, 0.25) is 0 Å². The van der Waals surface area contributed by atoms with E-state index in [1.54, 1.807) is 6.08 Å². The van der Waals surface area contributed by atoms with Gasteiger partial charge in [-0.3, -0.25) is 0 Å². The molecule has 0 aromatic carbocycles. The number of unbranched alkanes of at least 4 members (excludes halogenated alkanes) is 3. The molecule has 0 rings (SSSR count). The molecule has 1 heteroatoms.